The molecule has 0 spiro atoms. The van der Waals surface area contributed by atoms with E-state index in [1.807, 2.05) is 73.0 Å². The number of ether oxygens (including phenoxy) is 2. The normalized spacial score (nSPS) is 14.7. The quantitative estimate of drug-likeness (QED) is 0.115. The van der Waals surface area contributed by atoms with Gasteiger partial charge in [-0.2, -0.15) is 0 Å². The summed E-state index contributed by atoms with van der Waals surface area (Å²) in [7, 11) is 0. The van der Waals surface area contributed by atoms with Crippen LogP contribution in [-0.4, -0.2) is 23.8 Å². The van der Waals surface area contributed by atoms with Crippen LogP contribution < -0.4 is 10.5 Å². The van der Waals surface area contributed by atoms with Gasteiger partial charge in [-0.3, -0.25) is 0 Å². The van der Waals surface area contributed by atoms with Gasteiger partial charge in [0.05, 0.1) is 18.3 Å². The highest BCUT2D eigenvalue weighted by Crippen LogP contribution is 2.24. The number of rotatable bonds is 11. The predicted molar refractivity (Wildman–Crippen MR) is 162 cm³/mol. The van der Waals surface area contributed by atoms with E-state index >= 15 is 0 Å². The SMILES string of the molecule is CCOC(=O)/C(C)=C\C(C)=C\c1csc([C@@H](N)Cc2ccc(OCc3ccccc3)cc2)n1.O=CC1CCCC1. The second kappa shape index (κ2) is 16.5. The van der Waals surface area contributed by atoms with Gasteiger partial charge in [0, 0.05) is 16.9 Å². The summed E-state index contributed by atoms with van der Waals surface area (Å²) >= 11 is 1.54. The Balaban J connectivity index is 0.000000547. The van der Waals surface area contributed by atoms with Gasteiger partial charge in [0.2, 0.25) is 0 Å². The zero-order chi connectivity index (χ0) is 28.7. The van der Waals surface area contributed by atoms with Crippen molar-refractivity contribution in [2.24, 2.45) is 11.7 Å². The summed E-state index contributed by atoms with van der Waals surface area (Å²) in [5.41, 5.74) is 11.0. The van der Waals surface area contributed by atoms with Crippen molar-refractivity contribution in [3.63, 3.8) is 0 Å². The molecule has 0 radical (unpaired) electrons. The van der Waals surface area contributed by atoms with E-state index in [9.17, 15) is 9.59 Å². The Bertz CT molecular complexity index is 1260. The molecule has 7 heteroatoms. The molecule has 2 aromatic carbocycles. The largest absolute Gasteiger partial charge is 0.489 e. The molecule has 40 heavy (non-hydrogen) atoms. The molecule has 1 aliphatic rings. The van der Waals surface area contributed by atoms with Crippen molar-refractivity contribution in [1.82, 2.24) is 4.98 Å². The highest BCUT2D eigenvalue weighted by Gasteiger charge is 2.13. The molecule has 4 rings (SSSR count). The van der Waals surface area contributed by atoms with Crippen LogP contribution in [0.1, 0.15) is 74.3 Å². The maximum absolute atomic E-state index is 11.8. The van der Waals surface area contributed by atoms with Gasteiger partial charge in [0.25, 0.3) is 0 Å². The van der Waals surface area contributed by atoms with E-state index in [1.54, 1.807) is 31.3 Å². The van der Waals surface area contributed by atoms with Crippen LogP contribution >= 0.6 is 11.3 Å². The molecule has 1 saturated carbocycles. The second-order valence-electron chi connectivity index (χ2n) is 9.96. The summed E-state index contributed by atoms with van der Waals surface area (Å²) in [6, 6.07) is 17.9. The van der Waals surface area contributed by atoms with Crippen LogP contribution in [-0.2, 0) is 27.4 Å². The number of nitrogens with zero attached hydrogens (tertiary/aromatic N) is 1. The summed E-state index contributed by atoms with van der Waals surface area (Å²) in [6.45, 7) is 6.38. The molecular formula is C33H40N2O4S. The molecule has 1 heterocycles. The maximum Gasteiger partial charge on any atom is 0.333 e. The minimum Gasteiger partial charge on any atom is -0.489 e. The fraction of sp³-hybridized carbons (Fsp3) is 0.364. The Hall–Kier alpha value is -3.55. The molecule has 0 amide bonds. The van der Waals surface area contributed by atoms with Gasteiger partial charge in [0.15, 0.2) is 0 Å². The number of nitrogens with two attached hydrogens (primary N) is 1. The molecule has 0 unspecified atom stereocenters. The predicted octanol–water partition coefficient (Wildman–Crippen LogP) is 7.25. The monoisotopic (exact) mass is 560 g/mol. The Morgan fingerprint density at radius 3 is 2.40 bits per heavy atom. The average Bonchev–Trinajstić information content (AvgIpc) is 3.66. The fourth-order valence-electron chi connectivity index (χ4n) is 4.35. The van der Waals surface area contributed by atoms with Crippen LogP contribution in [0.2, 0.25) is 0 Å². The lowest BCUT2D eigenvalue weighted by molar-refractivity contribution is -0.138. The molecule has 3 aromatic rings. The number of carbonyl (C=O) groups is 2. The van der Waals surface area contributed by atoms with Gasteiger partial charge in [-0.25, -0.2) is 9.78 Å². The smallest absolute Gasteiger partial charge is 0.333 e. The Labute approximate surface area is 241 Å². The minimum atomic E-state index is -0.303. The first-order valence-corrected chi connectivity index (χ1v) is 14.7. The summed E-state index contributed by atoms with van der Waals surface area (Å²) in [5.74, 6) is 0.946. The van der Waals surface area contributed by atoms with Crippen molar-refractivity contribution in [2.45, 2.75) is 65.5 Å². The summed E-state index contributed by atoms with van der Waals surface area (Å²) in [5, 5.41) is 2.86. The third-order valence-corrected chi connectivity index (χ3v) is 7.49. The molecule has 0 saturated heterocycles. The van der Waals surface area contributed by atoms with Gasteiger partial charge in [-0.1, -0.05) is 55.3 Å². The zero-order valence-electron chi connectivity index (χ0n) is 23.7. The van der Waals surface area contributed by atoms with Crippen LogP contribution in [0.4, 0.5) is 0 Å². The minimum absolute atomic E-state index is 0.189. The molecule has 1 aromatic heterocycles. The second-order valence-corrected chi connectivity index (χ2v) is 10.8. The topological polar surface area (TPSA) is 91.5 Å². The lowest BCUT2D eigenvalue weighted by Crippen LogP contribution is -2.13. The molecule has 212 valence electrons. The number of allylic oxidation sites excluding steroid dienone is 2. The van der Waals surface area contributed by atoms with E-state index in [0.29, 0.717) is 31.1 Å². The molecule has 0 bridgehead atoms. The zero-order valence-corrected chi connectivity index (χ0v) is 24.5. The number of thiazole rings is 1. The van der Waals surface area contributed by atoms with Gasteiger partial charge < -0.3 is 20.0 Å². The lowest BCUT2D eigenvalue weighted by atomic mass is 10.1. The van der Waals surface area contributed by atoms with E-state index < -0.39 is 0 Å². The van der Waals surface area contributed by atoms with E-state index in [2.05, 4.69) is 4.98 Å². The number of benzene rings is 2. The van der Waals surface area contributed by atoms with Crippen molar-refractivity contribution in [2.75, 3.05) is 6.61 Å². The van der Waals surface area contributed by atoms with Crippen LogP contribution in [0.3, 0.4) is 0 Å². The lowest BCUT2D eigenvalue weighted by Gasteiger charge is -2.10. The third-order valence-electron chi connectivity index (χ3n) is 6.49. The number of carbonyl (C=O) groups excluding carboxylic acids is 2. The van der Waals surface area contributed by atoms with Crippen molar-refractivity contribution >= 4 is 29.7 Å². The standard InChI is InChI=1S/C27H30N2O3S.C6H10O/c1-4-31-27(30)20(3)14-19(2)15-23-18-33-26(29-23)25(28)16-21-10-12-24(13-11-21)32-17-22-8-6-5-7-9-22;7-5-6-3-1-2-4-6/h5-15,18,25H,4,16-17,28H2,1-3H3;5-6H,1-4H2/b19-15+,20-14-;/t25-;/m0./s1. The van der Waals surface area contributed by atoms with Gasteiger partial charge >= 0.3 is 5.97 Å². The average molecular weight is 561 g/mol. The van der Waals surface area contributed by atoms with Crippen LogP contribution in [0.25, 0.3) is 6.08 Å². The van der Waals surface area contributed by atoms with Crippen LogP contribution in [0.15, 0.2) is 77.2 Å². The number of esters is 1. The van der Waals surface area contributed by atoms with Gasteiger partial charge in [-0.05, 0) is 81.0 Å². The van der Waals surface area contributed by atoms with E-state index in [-0.39, 0.29) is 12.0 Å². The van der Waals surface area contributed by atoms with E-state index in [0.717, 1.165) is 52.3 Å². The summed E-state index contributed by atoms with van der Waals surface area (Å²) < 4.78 is 10.9. The fourth-order valence-corrected chi connectivity index (χ4v) is 5.13. The van der Waals surface area contributed by atoms with E-state index in [4.69, 9.17) is 15.2 Å². The Morgan fingerprint density at radius 2 is 1.77 bits per heavy atom. The first kappa shape index (κ1) is 31.0. The number of aldehydes is 1. The summed E-state index contributed by atoms with van der Waals surface area (Å²) in [4.78, 5) is 26.4. The Kier molecular flexibility index (Phi) is 12.8. The maximum atomic E-state index is 11.8. The first-order chi connectivity index (χ1) is 19.4. The molecule has 1 aliphatic carbocycles. The number of aromatic nitrogens is 1. The third kappa shape index (κ3) is 10.5. The first-order valence-electron chi connectivity index (χ1n) is 13.8. The molecule has 2 N–H and O–H groups in total. The van der Waals surface area contributed by atoms with Crippen molar-refractivity contribution in [3.05, 3.63) is 99.0 Å². The number of hydrogen-bond donors (Lipinski definition) is 1. The molecule has 1 fully saturated rings. The highest BCUT2D eigenvalue weighted by atomic mass is 32.1. The van der Waals surface area contributed by atoms with E-state index in [1.165, 1.54) is 12.8 Å². The molecule has 1 atom stereocenters. The van der Waals surface area contributed by atoms with Gasteiger partial charge in [0.1, 0.15) is 23.7 Å². The van der Waals surface area contributed by atoms with Crippen LogP contribution in [0, 0.1) is 5.92 Å². The van der Waals surface area contributed by atoms with Crippen molar-refractivity contribution in [1.29, 1.82) is 0 Å². The van der Waals surface area contributed by atoms with Crippen LogP contribution in [0.5, 0.6) is 5.75 Å². The molecule has 6 nitrogen and oxygen atoms in total. The number of hydrogen-bond acceptors (Lipinski definition) is 7. The molecule has 0 aliphatic heterocycles. The van der Waals surface area contributed by atoms with Crippen molar-refractivity contribution in [3.8, 4) is 5.75 Å². The summed E-state index contributed by atoms with van der Waals surface area (Å²) in [6.07, 6.45) is 10.3. The molecular weight excluding hydrogens is 520 g/mol. The highest BCUT2D eigenvalue weighted by molar-refractivity contribution is 7.09. The van der Waals surface area contributed by atoms with Gasteiger partial charge in [-0.15, -0.1) is 11.3 Å². The van der Waals surface area contributed by atoms with Crippen molar-refractivity contribution < 1.29 is 19.1 Å². The Morgan fingerprint density at radius 1 is 1.07 bits per heavy atom.